The second kappa shape index (κ2) is 3.96. The zero-order valence-electron chi connectivity index (χ0n) is 7.38. The van der Waals surface area contributed by atoms with E-state index in [4.69, 9.17) is 15.5 Å². The normalized spacial score (nSPS) is 26.6. The van der Waals surface area contributed by atoms with Crippen LogP contribution in [0.1, 0.15) is 6.42 Å². The van der Waals surface area contributed by atoms with Crippen LogP contribution in [0.2, 0.25) is 0 Å². The molecule has 1 amide bonds. The van der Waals surface area contributed by atoms with Crippen LogP contribution >= 0.6 is 0 Å². The Morgan fingerprint density at radius 3 is 2.50 bits per heavy atom. The standard InChI is InChI=1S/C8H10N2O4/c9-3-5-4-10(8(13)14)2-1-6(5)7(11)12/h5-6H,1-2,4H2,(H,11,12)(H,13,14). The molecule has 0 radical (unpaired) electrons. The van der Waals surface area contributed by atoms with E-state index >= 15 is 0 Å². The highest BCUT2D eigenvalue weighted by Gasteiger charge is 2.35. The Labute approximate surface area is 80.4 Å². The average Bonchev–Trinajstić information content (AvgIpc) is 2.16. The largest absolute Gasteiger partial charge is 0.481 e. The third-order valence-corrected chi connectivity index (χ3v) is 2.37. The van der Waals surface area contributed by atoms with Gasteiger partial charge in [-0.3, -0.25) is 4.79 Å². The first-order valence-corrected chi connectivity index (χ1v) is 4.16. The van der Waals surface area contributed by atoms with Crippen molar-refractivity contribution in [3.05, 3.63) is 0 Å². The minimum absolute atomic E-state index is 0.0111. The summed E-state index contributed by atoms with van der Waals surface area (Å²) in [5, 5.41) is 26.1. The molecule has 0 aliphatic carbocycles. The predicted octanol–water partition coefficient (Wildman–Crippen LogP) is 0.211. The molecule has 0 bridgehead atoms. The number of hydrogen-bond acceptors (Lipinski definition) is 3. The molecule has 0 saturated carbocycles. The monoisotopic (exact) mass is 198 g/mol. The SMILES string of the molecule is N#CC1CN(C(=O)O)CCC1C(=O)O. The number of nitrogens with zero attached hydrogens (tertiary/aromatic N) is 2. The zero-order valence-corrected chi connectivity index (χ0v) is 7.38. The van der Waals surface area contributed by atoms with Crippen LogP contribution in [0.4, 0.5) is 4.79 Å². The Morgan fingerprint density at radius 1 is 1.43 bits per heavy atom. The minimum Gasteiger partial charge on any atom is -0.481 e. The molecule has 1 aliphatic rings. The predicted molar refractivity (Wildman–Crippen MR) is 44.4 cm³/mol. The van der Waals surface area contributed by atoms with E-state index in [1.807, 2.05) is 6.07 Å². The summed E-state index contributed by atoms with van der Waals surface area (Å²) in [5.74, 6) is -2.51. The Morgan fingerprint density at radius 2 is 2.07 bits per heavy atom. The minimum atomic E-state index is -1.10. The number of hydrogen-bond donors (Lipinski definition) is 2. The lowest BCUT2D eigenvalue weighted by molar-refractivity contribution is -0.144. The van der Waals surface area contributed by atoms with Gasteiger partial charge >= 0.3 is 12.1 Å². The van der Waals surface area contributed by atoms with Crippen LogP contribution in [-0.4, -0.2) is 40.3 Å². The van der Waals surface area contributed by atoms with Gasteiger partial charge in [-0.15, -0.1) is 0 Å². The number of rotatable bonds is 1. The van der Waals surface area contributed by atoms with Gasteiger partial charge in [0.2, 0.25) is 0 Å². The summed E-state index contributed by atoms with van der Waals surface area (Å²) in [5.41, 5.74) is 0. The van der Waals surface area contributed by atoms with Gasteiger partial charge in [0.25, 0.3) is 0 Å². The summed E-state index contributed by atoms with van der Waals surface area (Å²) >= 11 is 0. The molecule has 2 atom stereocenters. The third-order valence-electron chi connectivity index (χ3n) is 2.37. The molecule has 0 spiro atoms. The highest BCUT2D eigenvalue weighted by atomic mass is 16.4. The molecule has 1 fully saturated rings. The van der Waals surface area contributed by atoms with E-state index in [1.165, 1.54) is 0 Å². The van der Waals surface area contributed by atoms with Crippen molar-refractivity contribution >= 4 is 12.1 Å². The van der Waals surface area contributed by atoms with Crippen LogP contribution in [0.15, 0.2) is 0 Å². The zero-order chi connectivity index (χ0) is 10.7. The Balaban J connectivity index is 2.70. The fourth-order valence-electron chi connectivity index (χ4n) is 1.55. The van der Waals surface area contributed by atoms with Crippen molar-refractivity contribution in [3.8, 4) is 6.07 Å². The molecule has 1 heterocycles. The molecule has 2 unspecified atom stereocenters. The van der Waals surface area contributed by atoms with Gasteiger partial charge in [0.1, 0.15) is 0 Å². The summed E-state index contributed by atoms with van der Waals surface area (Å²) in [6.45, 7) is 0.174. The van der Waals surface area contributed by atoms with Crippen LogP contribution in [0, 0.1) is 23.2 Å². The quantitative estimate of drug-likeness (QED) is 0.627. The van der Waals surface area contributed by atoms with Gasteiger partial charge in [-0.05, 0) is 6.42 Å². The van der Waals surface area contributed by atoms with E-state index in [-0.39, 0.29) is 19.5 Å². The van der Waals surface area contributed by atoms with Gasteiger partial charge in [-0.2, -0.15) is 5.26 Å². The van der Waals surface area contributed by atoms with Crippen molar-refractivity contribution in [2.45, 2.75) is 6.42 Å². The number of aliphatic carboxylic acids is 1. The Bertz CT molecular complexity index is 296. The lowest BCUT2D eigenvalue weighted by atomic mass is 9.87. The molecule has 1 aliphatic heterocycles. The molecule has 1 rings (SSSR count). The Kier molecular flexibility index (Phi) is 2.92. The number of carbonyl (C=O) groups is 2. The second-order valence-corrected chi connectivity index (χ2v) is 3.20. The van der Waals surface area contributed by atoms with Crippen molar-refractivity contribution in [1.82, 2.24) is 4.90 Å². The van der Waals surface area contributed by atoms with Crippen molar-refractivity contribution in [2.75, 3.05) is 13.1 Å². The van der Waals surface area contributed by atoms with Crippen molar-refractivity contribution in [3.63, 3.8) is 0 Å². The number of likely N-dealkylation sites (tertiary alicyclic amines) is 1. The van der Waals surface area contributed by atoms with Gasteiger partial charge < -0.3 is 15.1 Å². The smallest absolute Gasteiger partial charge is 0.407 e. The lowest BCUT2D eigenvalue weighted by Crippen LogP contribution is -2.44. The van der Waals surface area contributed by atoms with Crippen molar-refractivity contribution < 1.29 is 19.8 Å². The third kappa shape index (κ3) is 1.93. The fourth-order valence-corrected chi connectivity index (χ4v) is 1.55. The molecule has 76 valence electrons. The first kappa shape index (κ1) is 10.3. The number of carboxylic acids is 1. The maximum Gasteiger partial charge on any atom is 0.407 e. The van der Waals surface area contributed by atoms with Crippen molar-refractivity contribution in [1.29, 1.82) is 5.26 Å². The van der Waals surface area contributed by atoms with E-state index < -0.39 is 23.9 Å². The van der Waals surface area contributed by atoms with Crippen LogP contribution in [-0.2, 0) is 4.79 Å². The summed E-state index contributed by atoms with van der Waals surface area (Å²) in [7, 11) is 0. The van der Waals surface area contributed by atoms with Gasteiger partial charge in [-0.1, -0.05) is 0 Å². The maximum atomic E-state index is 10.7. The summed E-state index contributed by atoms with van der Waals surface area (Å²) in [4.78, 5) is 22.3. The number of piperidine rings is 1. The first-order chi connectivity index (χ1) is 6.56. The average molecular weight is 198 g/mol. The van der Waals surface area contributed by atoms with Crippen LogP contribution in [0.5, 0.6) is 0 Å². The van der Waals surface area contributed by atoms with E-state index in [2.05, 4.69) is 0 Å². The summed E-state index contributed by atoms with van der Waals surface area (Å²) < 4.78 is 0. The fraction of sp³-hybridized carbons (Fsp3) is 0.625. The first-order valence-electron chi connectivity index (χ1n) is 4.16. The molecule has 0 aromatic heterocycles. The van der Waals surface area contributed by atoms with E-state index in [1.54, 1.807) is 0 Å². The summed E-state index contributed by atoms with van der Waals surface area (Å²) in [6.07, 6.45) is -0.895. The van der Waals surface area contributed by atoms with Crippen LogP contribution in [0.3, 0.4) is 0 Å². The van der Waals surface area contributed by atoms with Crippen LogP contribution < -0.4 is 0 Å². The maximum absolute atomic E-state index is 10.7. The molecule has 14 heavy (non-hydrogen) atoms. The molecule has 6 nitrogen and oxygen atoms in total. The molecule has 2 N–H and O–H groups in total. The highest BCUT2D eigenvalue weighted by Crippen LogP contribution is 2.23. The molecule has 0 aromatic carbocycles. The second-order valence-electron chi connectivity index (χ2n) is 3.20. The van der Waals surface area contributed by atoms with Crippen molar-refractivity contribution in [2.24, 2.45) is 11.8 Å². The number of carboxylic acid groups (broad SMARTS) is 2. The van der Waals surface area contributed by atoms with E-state index in [0.29, 0.717) is 0 Å². The van der Waals surface area contributed by atoms with Gasteiger partial charge in [0.05, 0.1) is 17.9 Å². The van der Waals surface area contributed by atoms with Gasteiger partial charge in [0.15, 0.2) is 0 Å². The molecule has 1 saturated heterocycles. The lowest BCUT2D eigenvalue weighted by Gasteiger charge is -2.31. The number of amides is 1. The Hall–Kier alpha value is -1.77. The summed E-state index contributed by atoms with van der Waals surface area (Å²) in [6, 6.07) is 1.83. The topological polar surface area (TPSA) is 102 Å². The molecule has 0 aromatic rings. The molecular weight excluding hydrogens is 188 g/mol. The molecular formula is C8H10N2O4. The van der Waals surface area contributed by atoms with E-state index in [9.17, 15) is 9.59 Å². The van der Waals surface area contributed by atoms with Crippen LogP contribution in [0.25, 0.3) is 0 Å². The number of nitriles is 1. The molecule has 6 heteroatoms. The highest BCUT2D eigenvalue weighted by molar-refractivity contribution is 5.72. The van der Waals surface area contributed by atoms with E-state index in [0.717, 1.165) is 4.90 Å². The van der Waals surface area contributed by atoms with Gasteiger partial charge in [-0.25, -0.2) is 4.79 Å². The van der Waals surface area contributed by atoms with Gasteiger partial charge in [0, 0.05) is 13.1 Å².